The molecule has 0 bridgehead atoms. The number of carbonyl (C=O) groups excluding carboxylic acids is 1. The largest absolute Gasteiger partial charge is 0.494 e. The lowest BCUT2D eigenvalue weighted by Gasteiger charge is -2.34. The van der Waals surface area contributed by atoms with Crippen LogP contribution in [0.15, 0.2) is 70.3 Å². The van der Waals surface area contributed by atoms with Crippen LogP contribution in [0.1, 0.15) is 18.1 Å². The van der Waals surface area contributed by atoms with Crippen LogP contribution in [0, 0.1) is 5.82 Å². The number of aromatic amines is 1. The number of H-pyrrole nitrogens is 1. The Morgan fingerprint density at radius 3 is 2.62 bits per heavy atom. The van der Waals surface area contributed by atoms with Gasteiger partial charge in [0.2, 0.25) is 0 Å². The smallest absolute Gasteiger partial charge is 0.254 e. The van der Waals surface area contributed by atoms with Crippen LogP contribution in [0.2, 0.25) is 0 Å². The fraction of sp³-hybridized carbons (Fsp3) is 0.269. The Bertz CT molecular complexity index is 1340. The van der Waals surface area contributed by atoms with Crippen LogP contribution in [0.4, 0.5) is 4.39 Å². The standard InChI is InChI=1S/C26H26FN5O2/c1-26(16-28-15-20(26)25(34)32-12-10-31(2)11-13-32)30-23(17-6-4-3-5-7-17)22-19-9-8-18(27)14-21(19)29-24(22)33/h3-9,14-16,29,33H,10-13H2,1-2H3. The van der Waals surface area contributed by atoms with Gasteiger partial charge in [-0.3, -0.25) is 14.8 Å². The van der Waals surface area contributed by atoms with Crippen molar-refractivity contribution in [2.75, 3.05) is 33.2 Å². The summed E-state index contributed by atoms with van der Waals surface area (Å²) in [5, 5.41) is 11.5. The average molecular weight is 460 g/mol. The molecule has 1 atom stereocenters. The zero-order valence-corrected chi connectivity index (χ0v) is 19.1. The molecule has 2 aromatic carbocycles. The Labute approximate surface area is 196 Å². The van der Waals surface area contributed by atoms with Gasteiger partial charge < -0.3 is 19.9 Å². The lowest BCUT2D eigenvalue weighted by Crippen LogP contribution is -2.49. The van der Waals surface area contributed by atoms with Crippen LogP contribution < -0.4 is 0 Å². The van der Waals surface area contributed by atoms with Gasteiger partial charge in [0.15, 0.2) is 5.88 Å². The van der Waals surface area contributed by atoms with E-state index in [1.807, 2.05) is 49.2 Å². The normalized spacial score (nSPS) is 21.3. The summed E-state index contributed by atoms with van der Waals surface area (Å²) in [6.07, 6.45) is 3.24. The van der Waals surface area contributed by atoms with Gasteiger partial charge in [0, 0.05) is 49.5 Å². The van der Waals surface area contributed by atoms with Crippen molar-refractivity contribution in [3.63, 3.8) is 0 Å². The quantitative estimate of drug-likeness (QED) is 0.587. The van der Waals surface area contributed by atoms with Crippen molar-refractivity contribution in [2.45, 2.75) is 12.5 Å². The monoisotopic (exact) mass is 459 g/mol. The molecule has 1 fully saturated rings. The number of rotatable bonds is 4. The highest BCUT2D eigenvalue weighted by Crippen LogP contribution is 2.34. The molecule has 174 valence electrons. The summed E-state index contributed by atoms with van der Waals surface area (Å²) in [6.45, 7) is 4.77. The highest BCUT2D eigenvalue weighted by atomic mass is 19.1. The molecule has 2 aliphatic rings. The summed E-state index contributed by atoms with van der Waals surface area (Å²) in [4.78, 5) is 29.7. The van der Waals surface area contributed by atoms with E-state index in [1.165, 1.54) is 12.1 Å². The first-order chi connectivity index (χ1) is 16.4. The maximum absolute atomic E-state index is 13.8. The number of fused-ring (bicyclic) bond motifs is 1. The first kappa shape index (κ1) is 22.0. The van der Waals surface area contributed by atoms with Crippen LogP contribution >= 0.6 is 0 Å². The Hall–Kier alpha value is -3.78. The summed E-state index contributed by atoms with van der Waals surface area (Å²) in [5.41, 5.74) is 1.62. The van der Waals surface area contributed by atoms with Crippen LogP contribution in [-0.4, -0.2) is 76.5 Å². The van der Waals surface area contributed by atoms with Gasteiger partial charge in [-0.2, -0.15) is 0 Å². The van der Waals surface area contributed by atoms with Gasteiger partial charge in [-0.05, 0) is 32.2 Å². The second kappa shape index (κ2) is 8.53. The SMILES string of the molecule is CN1CCN(C(=O)C2=CN=CC2(C)N=C(c2ccccc2)c2c(O)[nH]c3cc(F)ccc23)CC1. The number of aromatic hydroxyl groups is 1. The van der Waals surface area contributed by atoms with Crippen molar-refractivity contribution in [2.24, 2.45) is 9.98 Å². The van der Waals surface area contributed by atoms with E-state index in [-0.39, 0.29) is 11.8 Å². The number of benzene rings is 2. The number of aliphatic imine (C=N–C) groups is 2. The maximum Gasteiger partial charge on any atom is 0.254 e. The van der Waals surface area contributed by atoms with Crippen LogP contribution in [0.25, 0.3) is 10.9 Å². The summed E-state index contributed by atoms with van der Waals surface area (Å²) in [6, 6.07) is 13.7. The van der Waals surface area contributed by atoms with Gasteiger partial charge in [-0.15, -0.1) is 0 Å². The summed E-state index contributed by atoms with van der Waals surface area (Å²) >= 11 is 0. The Balaban J connectivity index is 1.62. The van der Waals surface area contributed by atoms with E-state index in [2.05, 4.69) is 14.9 Å². The van der Waals surface area contributed by atoms with Gasteiger partial charge >= 0.3 is 0 Å². The first-order valence-corrected chi connectivity index (χ1v) is 11.2. The third-order valence-corrected chi connectivity index (χ3v) is 6.46. The number of amides is 1. The molecule has 5 rings (SSSR count). The number of halogens is 1. The molecule has 0 radical (unpaired) electrons. The van der Waals surface area contributed by atoms with Crippen molar-refractivity contribution in [1.82, 2.24) is 14.8 Å². The van der Waals surface area contributed by atoms with Gasteiger partial charge in [0.25, 0.3) is 5.91 Å². The number of hydrogen-bond acceptors (Lipinski definition) is 5. The molecule has 1 saturated heterocycles. The van der Waals surface area contributed by atoms with Crippen molar-refractivity contribution < 1.29 is 14.3 Å². The Kier molecular flexibility index (Phi) is 5.53. The molecule has 2 N–H and O–H groups in total. The number of carbonyl (C=O) groups is 1. The lowest BCUT2D eigenvalue weighted by molar-refractivity contribution is -0.129. The second-order valence-corrected chi connectivity index (χ2v) is 8.93. The first-order valence-electron chi connectivity index (χ1n) is 11.2. The van der Waals surface area contributed by atoms with Gasteiger partial charge in [-0.1, -0.05) is 30.3 Å². The maximum atomic E-state index is 13.8. The molecule has 0 spiro atoms. The topological polar surface area (TPSA) is 84.3 Å². The predicted octanol–water partition coefficient (Wildman–Crippen LogP) is 3.35. The van der Waals surface area contributed by atoms with Gasteiger partial charge in [0.1, 0.15) is 11.4 Å². The van der Waals surface area contributed by atoms with E-state index >= 15 is 0 Å². The zero-order valence-electron chi connectivity index (χ0n) is 19.1. The van der Waals surface area contributed by atoms with E-state index in [0.29, 0.717) is 40.8 Å². The van der Waals surface area contributed by atoms with Gasteiger partial charge in [-0.25, -0.2) is 4.39 Å². The van der Waals surface area contributed by atoms with E-state index in [4.69, 9.17) is 4.99 Å². The molecule has 7 nitrogen and oxygen atoms in total. The molecule has 3 aromatic rings. The zero-order chi connectivity index (χ0) is 23.9. The number of nitrogens with zero attached hydrogens (tertiary/aromatic N) is 4. The van der Waals surface area contributed by atoms with Crippen LogP contribution in [-0.2, 0) is 4.79 Å². The fourth-order valence-electron chi connectivity index (χ4n) is 4.49. The molecule has 34 heavy (non-hydrogen) atoms. The summed E-state index contributed by atoms with van der Waals surface area (Å²) in [5.74, 6) is -0.608. The highest BCUT2D eigenvalue weighted by molar-refractivity contribution is 6.22. The lowest BCUT2D eigenvalue weighted by atomic mass is 9.92. The molecule has 0 saturated carbocycles. The second-order valence-electron chi connectivity index (χ2n) is 8.93. The molecular formula is C26H26FN5O2. The molecule has 1 unspecified atom stereocenters. The number of aromatic nitrogens is 1. The molecule has 8 heteroatoms. The molecule has 2 aliphatic heterocycles. The van der Waals surface area contributed by atoms with Crippen LogP contribution in [0.5, 0.6) is 5.88 Å². The molecule has 1 aromatic heterocycles. The minimum Gasteiger partial charge on any atom is -0.494 e. The minimum absolute atomic E-state index is 0.0884. The molecule has 1 amide bonds. The Morgan fingerprint density at radius 1 is 1.15 bits per heavy atom. The van der Waals surface area contributed by atoms with Crippen molar-refractivity contribution >= 4 is 28.7 Å². The van der Waals surface area contributed by atoms with Crippen molar-refractivity contribution in [3.8, 4) is 5.88 Å². The number of piperazine rings is 1. The summed E-state index contributed by atoms with van der Waals surface area (Å²) < 4.78 is 13.8. The van der Waals surface area contributed by atoms with Crippen molar-refractivity contribution in [1.29, 1.82) is 0 Å². The van der Waals surface area contributed by atoms with Crippen LogP contribution in [0.3, 0.4) is 0 Å². The number of likely N-dealkylation sites (N-methyl/N-ethyl adjacent to an activating group) is 1. The van der Waals surface area contributed by atoms with E-state index < -0.39 is 11.4 Å². The van der Waals surface area contributed by atoms with Gasteiger partial charge in [0.05, 0.1) is 22.4 Å². The highest BCUT2D eigenvalue weighted by Gasteiger charge is 2.38. The molecular weight excluding hydrogens is 433 g/mol. The predicted molar refractivity (Wildman–Crippen MR) is 131 cm³/mol. The van der Waals surface area contributed by atoms with E-state index in [1.54, 1.807) is 18.5 Å². The molecule has 3 heterocycles. The van der Waals surface area contributed by atoms with E-state index in [9.17, 15) is 14.3 Å². The number of hydrogen-bond donors (Lipinski definition) is 2. The Morgan fingerprint density at radius 2 is 1.88 bits per heavy atom. The third kappa shape index (κ3) is 3.90. The summed E-state index contributed by atoms with van der Waals surface area (Å²) in [7, 11) is 2.04. The minimum atomic E-state index is -1.03. The fourth-order valence-corrected chi connectivity index (χ4v) is 4.49. The molecule has 0 aliphatic carbocycles. The average Bonchev–Trinajstić information content (AvgIpc) is 3.36. The number of nitrogens with one attached hydrogen (secondary N) is 1. The van der Waals surface area contributed by atoms with Crippen molar-refractivity contribution in [3.05, 3.63) is 77.2 Å². The van der Waals surface area contributed by atoms with E-state index in [0.717, 1.165) is 18.7 Å². The third-order valence-electron chi connectivity index (χ3n) is 6.46.